The molecule has 176 valence electrons. The first kappa shape index (κ1) is 23.0. The number of nitrogens with one attached hydrogen (secondary N) is 1. The predicted octanol–water partition coefficient (Wildman–Crippen LogP) is 3.79. The predicted molar refractivity (Wildman–Crippen MR) is 126 cm³/mol. The maximum absolute atomic E-state index is 12.8. The van der Waals surface area contributed by atoms with E-state index in [1.54, 1.807) is 17.7 Å². The molecule has 0 saturated carbocycles. The minimum absolute atomic E-state index is 0.0770. The lowest BCUT2D eigenvalue weighted by atomic mass is 10.1. The molecule has 0 atom stereocenters. The van der Waals surface area contributed by atoms with Crippen LogP contribution in [0, 0.1) is 24.0 Å². The Morgan fingerprint density at radius 1 is 1.12 bits per heavy atom. The van der Waals surface area contributed by atoms with E-state index in [2.05, 4.69) is 10.4 Å². The van der Waals surface area contributed by atoms with Crippen molar-refractivity contribution in [2.45, 2.75) is 26.7 Å². The van der Waals surface area contributed by atoms with Crippen LogP contribution < -0.4 is 10.2 Å². The van der Waals surface area contributed by atoms with E-state index in [9.17, 15) is 19.7 Å². The van der Waals surface area contributed by atoms with Crippen LogP contribution in [0.15, 0.2) is 48.5 Å². The van der Waals surface area contributed by atoms with Crippen molar-refractivity contribution < 1.29 is 19.2 Å². The van der Waals surface area contributed by atoms with Crippen molar-refractivity contribution in [1.82, 2.24) is 9.78 Å². The topological polar surface area (TPSA) is 120 Å². The Balaban J connectivity index is 1.47. The molecule has 1 aliphatic rings. The van der Waals surface area contributed by atoms with E-state index in [1.165, 1.54) is 12.1 Å². The van der Waals surface area contributed by atoms with E-state index < -0.39 is 23.4 Å². The third-order valence-electron chi connectivity index (χ3n) is 5.75. The fraction of sp³-hybridized carbons (Fsp3) is 0.292. The summed E-state index contributed by atoms with van der Waals surface area (Å²) in [4.78, 5) is 38.0. The van der Waals surface area contributed by atoms with Crippen LogP contribution in [0.2, 0.25) is 0 Å². The Hall–Kier alpha value is -4.21. The number of aryl methyl sites for hydroxylation is 1. The second-order valence-corrected chi connectivity index (χ2v) is 8.07. The summed E-state index contributed by atoms with van der Waals surface area (Å²) in [6, 6.07) is 13.6. The normalized spacial score (nSPS) is 13.1. The first-order chi connectivity index (χ1) is 16.3. The number of carbonyl (C=O) groups is 2. The molecular formula is C24H25N5O5. The van der Waals surface area contributed by atoms with Gasteiger partial charge < -0.3 is 15.0 Å². The Kier molecular flexibility index (Phi) is 6.58. The molecule has 0 aliphatic carbocycles. The lowest BCUT2D eigenvalue weighted by Crippen LogP contribution is -2.24. The van der Waals surface area contributed by atoms with Crippen LogP contribution in [-0.2, 0) is 9.53 Å². The zero-order valence-electron chi connectivity index (χ0n) is 19.0. The summed E-state index contributed by atoms with van der Waals surface area (Å²) in [6.07, 6.45) is 1.95. The number of hydrogen-bond donors (Lipinski definition) is 1. The van der Waals surface area contributed by atoms with Gasteiger partial charge in [-0.3, -0.25) is 14.9 Å². The fourth-order valence-electron chi connectivity index (χ4n) is 4.06. The summed E-state index contributed by atoms with van der Waals surface area (Å²) in [5.41, 5.74) is 3.19. The number of non-ortho nitro benzene ring substituents is 1. The smallest absolute Gasteiger partial charge is 0.341 e. The number of aromatic nitrogens is 2. The van der Waals surface area contributed by atoms with Crippen LogP contribution in [0.4, 0.5) is 17.1 Å². The number of benzene rings is 2. The summed E-state index contributed by atoms with van der Waals surface area (Å²) < 4.78 is 6.97. The highest BCUT2D eigenvalue weighted by Gasteiger charge is 2.24. The molecule has 10 heteroatoms. The molecule has 34 heavy (non-hydrogen) atoms. The van der Waals surface area contributed by atoms with Crippen molar-refractivity contribution in [3.63, 3.8) is 0 Å². The molecule has 0 bridgehead atoms. The second kappa shape index (κ2) is 9.74. The van der Waals surface area contributed by atoms with Crippen molar-refractivity contribution >= 4 is 28.9 Å². The molecule has 1 N–H and O–H groups in total. The number of rotatable bonds is 7. The van der Waals surface area contributed by atoms with E-state index in [4.69, 9.17) is 4.74 Å². The third-order valence-corrected chi connectivity index (χ3v) is 5.75. The van der Waals surface area contributed by atoms with Crippen LogP contribution in [0.5, 0.6) is 0 Å². The summed E-state index contributed by atoms with van der Waals surface area (Å²) in [5.74, 6) is -1.31. The number of para-hydroxylation sites is 1. The van der Waals surface area contributed by atoms with Crippen molar-refractivity contribution in [3.05, 3.63) is 75.6 Å². The van der Waals surface area contributed by atoms with Gasteiger partial charge in [0.25, 0.3) is 11.6 Å². The van der Waals surface area contributed by atoms with Gasteiger partial charge in [0.15, 0.2) is 6.61 Å². The number of nitro groups is 1. The molecule has 1 fully saturated rings. The zero-order valence-corrected chi connectivity index (χ0v) is 19.0. The maximum Gasteiger partial charge on any atom is 0.341 e. The highest BCUT2D eigenvalue weighted by molar-refractivity contribution is 5.99. The maximum atomic E-state index is 12.8. The van der Waals surface area contributed by atoms with Crippen LogP contribution in [0.25, 0.3) is 5.69 Å². The molecule has 1 saturated heterocycles. The first-order valence-electron chi connectivity index (χ1n) is 11.0. The van der Waals surface area contributed by atoms with E-state index in [-0.39, 0.29) is 11.3 Å². The van der Waals surface area contributed by atoms with Crippen LogP contribution in [0.3, 0.4) is 0 Å². The number of anilines is 2. The number of nitro benzene ring substituents is 1. The standard InChI is InChI=1S/C24H25N5O5/c1-16-23(17(2)28(26-16)18-8-4-3-5-9-18)25-22(30)15-34-24(31)20-14-19(29(32)33)10-11-21(20)27-12-6-7-13-27/h3-5,8-11,14H,6-7,12-13,15H2,1-2H3,(H,25,30). The van der Waals surface area contributed by atoms with E-state index in [0.717, 1.165) is 37.3 Å². The molecule has 1 amide bonds. The van der Waals surface area contributed by atoms with Gasteiger partial charge in [-0.1, -0.05) is 18.2 Å². The van der Waals surface area contributed by atoms with Gasteiger partial charge in [0, 0.05) is 25.2 Å². The van der Waals surface area contributed by atoms with Crippen molar-refractivity contribution in [1.29, 1.82) is 0 Å². The zero-order chi connectivity index (χ0) is 24.2. The highest BCUT2D eigenvalue weighted by atomic mass is 16.6. The minimum Gasteiger partial charge on any atom is -0.452 e. The monoisotopic (exact) mass is 463 g/mol. The highest BCUT2D eigenvalue weighted by Crippen LogP contribution is 2.29. The lowest BCUT2D eigenvalue weighted by molar-refractivity contribution is -0.384. The SMILES string of the molecule is Cc1nn(-c2ccccc2)c(C)c1NC(=O)COC(=O)c1cc([N+](=O)[O-])ccc1N1CCCC1. The molecule has 4 rings (SSSR count). The molecule has 0 radical (unpaired) electrons. The van der Waals surface area contributed by atoms with Gasteiger partial charge in [-0.05, 0) is 44.9 Å². The minimum atomic E-state index is -0.783. The summed E-state index contributed by atoms with van der Waals surface area (Å²) in [6.45, 7) is 4.58. The number of ether oxygens (including phenoxy) is 1. The second-order valence-electron chi connectivity index (χ2n) is 8.07. The Labute approximate surface area is 196 Å². The molecule has 10 nitrogen and oxygen atoms in total. The molecule has 0 spiro atoms. The van der Waals surface area contributed by atoms with E-state index in [0.29, 0.717) is 17.1 Å². The molecule has 2 heterocycles. The van der Waals surface area contributed by atoms with Crippen molar-refractivity contribution in [2.75, 3.05) is 29.9 Å². The number of amides is 1. The summed E-state index contributed by atoms with van der Waals surface area (Å²) >= 11 is 0. The van der Waals surface area contributed by atoms with Crippen LogP contribution >= 0.6 is 0 Å². The first-order valence-corrected chi connectivity index (χ1v) is 11.0. The molecule has 1 aromatic heterocycles. The average Bonchev–Trinajstić information content (AvgIpc) is 3.47. The molecule has 3 aromatic rings. The van der Waals surface area contributed by atoms with Gasteiger partial charge >= 0.3 is 5.97 Å². The Morgan fingerprint density at radius 3 is 2.50 bits per heavy atom. The van der Waals surface area contributed by atoms with Crippen molar-refractivity contribution in [3.8, 4) is 5.69 Å². The quantitative estimate of drug-likeness (QED) is 0.322. The number of esters is 1. The summed E-state index contributed by atoms with van der Waals surface area (Å²) in [5, 5.41) is 18.5. The Bertz CT molecular complexity index is 1230. The lowest BCUT2D eigenvalue weighted by Gasteiger charge is -2.20. The molecule has 0 unspecified atom stereocenters. The average molecular weight is 463 g/mol. The van der Waals surface area contributed by atoms with E-state index in [1.807, 2.05) is 42.2 Å². The van der Waals surface area contributed by atoms with E-state index >= 15 is 0 Å². The third kappa shape index (κ3) is 4.75. The van der Waals surface area contributed by atoms with Gasteiger partial charge in [-0.25, -0.2) is 9.48 Å². The van der Waals surface area contributed by atoms with Gasteiger partial charge in [0.2, 0.25) is 0 Å². The van der Waals surface area contributed by atoms with Gasteiger partial charge in [0.1, 0.15) is 0 Å². The van der Waals surface area contributed by atoms with Gasteiger partial charge in [0.05, 0.1) is 38.9 Å². The Morgan fingerprint density at radius 2 is 1.82 bits per heavy atom. The molecule has 2 aromatic carbocycles. The number of nitrogens with zero attached hydrogens (tertiary/aromatic N) is 4. The van der Waals surface area contributed by atoms with Crippen LogP contribution in [-0.4, -0.2) is 46.3 Å². The largest absolute Gasteiger partial charge is 0.452 e. The fourth-order valence-corrected chi connectivity index (χ4v) is 4.06. The number of hydrogen-bond acceptors (Lipinski definition) is 7. The van der Waals surface area contributed by atoms with Crippen molar-refractivity contribution in [2.24, 2.45) is 0 Å². The van der Waals surface area contributed by atoms with Crippen LogP contribution in [0.1, 0.15) is 34.6 Å². The van der Waals surface area contributed by atoms with Gasteiger partial charge in [-0.2, -0.15) is 5.10 Å². The van der Waals surface area contributed by atoms with Gasteiger partial charge in [-0.15, -0.1) is 0 Å². The molecular weight excluding hydrogens is 438 g/mol. The molecule has 1 aliphatic heterocycles. The summed E-state index contributed by atoms with van der Waals surface area (Å²) in [7, 11) is 0. The number of carbonyl (C=O) groups excluding carboxylic acids is 2.